The lowest BCUT2D eigenvalue weighted by atomic mass is 11.8. The van der Waals surface area contributed by atoms with Crippen molar-refractivity contribution in [2.24, 2.45) is 0 Å². The average molecular weight is 190 g/mol. The molecule has 0 atom stereocenters. The molecule has 0 heterocycles. The summed E-state index contributed by atoms with van der Waals surface area (Å²) in [5.41, 5.74) is 0. The summed E-state index contributed by atoms with van der Waals surface area (Å²) in [6, 6.07) is 0. The second kappa shape index (κ2) is 3.52. The summed E-state index contributed by atoms with van der Waals surface area (Å²) < 4.78 is 11.0. The van der Waals surface area contributed by atoms with Crippen molar-refractivity contribution in [2.75, 3.05) is 0 Å². The van der Waals surface area contributed by atoms with Gasteiger partial charge in [-0.25, -0.2) is 0 Å². The first-order chi connectivity index (χ1) is 4.27. The lowest BCUT2D eigenvalue weighted by Gasteiger charge is -2.37. The Hall–Kier alpha value is 0.886. The smallest absolute Gasteiger partial charge is 0.256 e. The van der Waals surface area contributed by atoms with Crippen LogP contribution in [0.5, 0.6) is 0 Å². The van der Waals surface area contributed by atoms with Crippen LogP contribution in [0.4, 0.5) is 0 Å². The minimum Gasteiger partial charge on any atom is -0.775 e. The number of rotatable bonds is 3. The highest BCUT2D eigenvalue weighted by molar-refractivity contribution is 6.82. The maximum absolute atomic E-state index is 5.81. The third-order valence-corrected chi connectivity index (χ3v) is 7.52. The van der Waals surface area contributed by atoms with Crippen LogP contribution in [-0.4, -0.2) is 33.5 Å². The van der Waals surface area contributed by atoms with E-state index in [1.165, 1.54) is 0 Å². The zero-order valence-corrected chi connectivity index (χ0v) is 10.5. The molecule has 0 rings (SSSR count). The quantitative estimate of drug-likeness (QED) is 0.630. The van der Waals surface area contributed by atoms with E-state index in [9.17, 15) is 0 Å². The molecule has 0 aliphatic carbocycles. The van der Waals surface area contributed by atoms with Gasteiger partial charge in [-0.2, -0.15) is 0 Å². The topological polar surface area (TPSA) is 18.5 Å². The van der Waals surface area contributed by atoms with Crippen molar-refractivity contribution in [3.05, 3.63) is 0 Å². The zero-order valence-electron chi connectivity index (χ0n) is 7.39. The van der Waals surface area contributed by atoms with Crippen LogP contribution in [0.3, 0.4) is 0 Å². The predicted molar refractivity (Wildman–Crippen MR) is 48.8 cm³/mol. The molecule has 0 unspecified atom stereocenters. The van der Waals surface area contributed by atoms with Crippen LogP contribution in [0.2, 0.25) is 32.7 Å². The van der Waals surface area contributed by atoms with Gasteiger partial charge in [0, 0.05) is 0 Å². The molecule has 0 aliphatic heterocycles. The molecule has 0 aliphatic rings. The summed E-state index contributed by atoms with van der Waals surface area (Å²) in [5, 5.41) is 0. The summed E-state index contributed by atoms with van der Waals surface area (Å²) in [6.45, 7) is 10.6. The van der Waals surface area contributed by atoms with Gasteiger partial charge >= 0.3 is 0 Å². The molecule has 0 bridgehead atoms. The van der Waals surface area contributed by atoms with Crippen molar-refractivity contribution in [3.8, 4) is 0 Å². The van der Waals surface area contributed by atoms with Gasteiger partial charge in [-0.15, -0.1) is 0 Å². The number of hydrogen-bond donors (Lipinski definition) is 0. The summed E-state index contributed by atoms with van der Waals surface area (Å²) >= 11 is 2.29. The lowest BCUT2D eigenvalue weighted by Crippen LogP contribution is -2.44. The van der Waals surface area contributed by atoms with E-state index in [4.69, 9.17) is 7.59 Å². The lowest BCUT2D eigenvalue weighted by molar-refractivity contribution is 0.418. The van der Waals surface area contributed by atoms with Gasteiger partial charge in [0.15, 0.2) is 8.32 Å². The standard InChI is InChI=1S/C5H15O2Si2.Al/c1-8(2,3)7-9(4,5)6;/h1-5H3;/q-1;. The first-order valence-corrected chi connectivity index (χ1v) is 10.0. The van der Waals surface area contributed by atoms with Gasteiger partial charge in [-0.3, -0.25) is 0 Å². The monoisotopic (exact) mass is 190 g/mol. The van der Waals surface area contributed by atoms with Crippen molar-refractivity contribution in [1.82, 2.24) is 0 Å². The van der Waals surface area contributed by atoms with Crippen molar-refractivity contribution in [1.29, 1.82) is 0 Å². The van der Waals surface area contributed by atoms with Gasteiger partial charge in [-0.1, -0.05) is 0 Å². The van der Waals surface area contributed by atoms with Gasteiger partial charge in [0.05, 0.1) is 0 Å². The Kier molecular flexibility index (Phi) is 3.84. The van der Waals surface area contributed by atoms with E-state index in [0.717, 1.165) is 0 Å². The molecule has 0 spiro atoms. The molecule has 2 nitrogen and oxygen atoms in total. The maximum atomic E-state index is 5.81. The van der Waals surface area contributed by atoms with Crippen molar-refractivity contribution in [3.63, 3.8) is 0 Å². The van der Waals surface area contributed by atoms with Gasteiger partial charge in [0.25, 0.3) is 8.56 Å². The van der Waals surface area contributed by atoms with Gasteiger partial charge in [0.2, 0.25) is 0 Å². The summed E-state index contributed by atoms with van der Waals surface area (Å²) in [4.78, 5) is 0. The fourth-order valence-corrected chi connectivity index (χ4v) is 7.29. The SMILES string of the molecule is C[Si](C)(C)O[Si](C)(C)[O][Al-]. The first-order valence-electron chi connectivity index (χ1n) is 3.35. The first kappa shape index (κ1) is 10.9. The Balaban J connectivity index is 3.89. The van der Waals surface area contributed by atoms with Crippen molar-refractivity contribution >= 4 is 33.5 Å². The molecule has 0 aromatic rings. The molecule has 0 saturated heterocycles. The van der Waals surface area contributed by atoms with E-state index in [1.807, 2.05) is 0 Å². The van der Waals surface area contributed by atoms with E-state index in [-0.39, 0.29) is 0 Å². The van der Waals surface area contributed by atoms with E-state index < -0.39 is 16.9 Å². The summed E-state index contributed by atoms with van der Waals surface area (Å²) in [7, 11) is -3.18. The molecular formula is C5H15AlO2Si2-. The van der Waals surface area contributed by atoms with Gasteiger partial charge in [0.1, 0.15) is 0 Å². The molecule has 0 amide bonds. The van der Waals surface area contributed by atoms with Gasteiger partial charge in [-0.05, 0) is 32.7 Å². The Morgan fingerprint density at radius 2 is 1.40 bits per heavy atom. The van der Waals surface area contributed by atoms with Crippen LogP contribution < -0.4 is 0 Å². The fourth-order valence-electron chi connectivity index (χ4n) is 0.761. The Morgan fingerprint density at radius 3 is 1.50 bits per heavy atom. The molecule has 0 aromatic carbocycles. The second-order valence-electron chi connectivity index (χ2n) is 3.73. The fraction of sp³-hybridized carbons (Fsp3) is 1.00. The minimum absolute atomic E-state index is 1.39. The molecular weight excluding hydrogens is 175 g/mol. The molecule has 0 fully saturated rings. The number of hydrogen-bond acceptors (Lipinski definition) is 2. The Bertz CT molecular complexity index is 111. The van der Waals surface area contributed by atoms with Crippen LogP contribution in [0.1, 0.15) is 0 Å². The normalized spacial score (nSPS) is 13.8. The van der Waals surface area contributed by atoms with Crippen molar-refractivity contribution in [2.45, 2.75) is 32.7 Å². The highest BCUT2D eigenvalue weighted by Gasteiger charge is 2.25. The highest BCUT2D eigenvalue weighted by Crippen LogP contribution is 2.13. The molecule has 5 heteroatoms. The molecule has 59 valence electrons. The average Bonchev–Trinajstić information content (AvgIpc) is 1.60. The van der Waals surface area contributed by atoms with Crippen LogP contribution in [-0.2, 0) is 7.59 Å². The van der Waals surface area contributed by atoms with E-state index in [1.54, 1.807) is 0 Å². The largest absolute Gasteiger partial charge is 0.775 e. The van der Waals surface area contributed by atoms with E-state index in [2.05, 4.69) is 49.4 Å². The Labute approximate surface area is 74.1 Å². The van der Waals surface area contributed by atoms with Crippen LogP contribution in [0.15, 0.2) is 0 Å². The molecule has 0 saturated carbocycles. The van der Waals surface area contributed by atoms with Crippen molar-refractivity contribution < 1.29 is 7.59 Å². The summed E-state index contributed by atoms with van der Waals surface area (Å²) in [6.07, 6.45) is 0. The second-order valence-corrected chi connectivity index (χ2v) is 12.5. The van der Waals surface area contributed by atoms with E-state index >= 15 is 0 Å². The molecule has 10 heavy (non-hydrogen) atoms. The van der Waals surface area contributed by atoms with E-state index in [0.29, 0.717) is 0 Å². The molecule has 0 aromatic heterocycles. The third kappa shape index (κ3) is 5.65. The van der Waals surface area contributed by atoms with Crippen LogP contribution in [0.25, 0.3) is 0 Å². The molecule has 3 radical (unpaired) electrons. The van der Waals surface area contributed by atoms with Crippen LogP contribution in [0, 0.1) is 0 Å². The minimum atomic E-state index is -1.79. The molecule has 0 N–H and O–H groups in total. The highest BCUT2D eigenvalue weighted by atomic mass is 28.4. The van der Waals surface area contributed by atoms with Crippen LogP contribution >= 0.6 is 0 Å². The predicted octanol–water partition coefficient (Wildman–Crippen LogP) is 1.64. The third-order valence-electron chi connectivity index (χ3n) is 0.836. The zero-order chi connectivity index (χ0) is 8.41. The Morgan fingerprint density at radius 1 is 1.00 bits per heavy atom. The summed E-state index contributed by atoms with van der Waals surface area (Å²) in [5.74, 6) is 0. The van der Waals surface area contributed by atoms with Gasteiger partial charge < -0.3 is 24.2 Å². The maximum Gasteiger partial charge on any atom is 0.256 e.